The Kier molecular flexibility index (Phi) is 12.0. The van der Waals surface area contributed by atoms with Gasteiger partial charge in [-0.05, 0) is 18.8 Å². The molecule has 0 aliphatic heterocycles. The molecule has 0 bridgehead atoms. The highest BCUT2D eigenvalue weighted by atomic mass is 16.4. The highest BCUT2D eigenvalue weighted by Crippen LogP contribution is 2.07. The second-order valence-corrected chi connectivity index (χ2v) is 8.57. The normalized spacial score (nSPS) is 14.2. The maximum Gasteiger partial charge on any atom is 0.326 e. The van der Waals surface area contributed by atoms with Crippen molar-refractivity contribution in [1.82, 2.24) is 25.9 Å². The zero-order chi connectivity index (χ0) is 27.4. The minimum Gasteiger partial charge on any atom is -0.481 e. The standard InChI is InChI=1S/C21H32N6O9/c1-10(2)5-12(22)18(32)25-13(3-4-16(28)29)19(33)26-14(6-11-8-23-9-24-11)20(34)27-15(21(35)36)7-17(30)31/h8-10,12-15H,3-7,22H2,1-2H3,(H,23,24)(H,25,32)(H,26,33)(H,27,34)(H,28,29)(H,30,31)(H,35,36). The molecule has 200 valence electrons. The summed E-state index contributed by atoms with van der Waals surface area (Å²) in [6.07, 6.45) is 1.09. The van der Waals surface area contributed by atoms with Crippen molar-refractivity contribution in [3.63, 3.8) is 0 Å². The van der Waals surface area contributed by atoms with Crippen molar-refractivity contribution in [3.8, 4) is 0 Å². The molecule has 3 amide bonds. The number of rotatable bonds is 16. The van der Waals surface area contributed by atoms with E-state index >= 15 is 0 Å². The molecule has 0 aliphatic carbocycles. The summed E-state index contributed by atoms with van der Waals surface area (Å²) in [6, 6.07) is -5.50. The summed E-state index contributed by atoms with van der Waals surface area (Å²) in [6.45, 7) is 3.68. The molecule has 0 saturated heterocycles. The Hall–Kier alpha value is -4.01. The van der Waals surface area contributed by atoms with Crippen LogP contribution in [0.4, 0.5) is 0 Å². The number of nitrogens with two attached hydrogens (primary N) is 1. The Labute approximate surface area is 206 Å². The molecule has 15 heteroatoms. The van der Waals surface area contributed by atoms with Crippen LogP contribution in [-0.2, 0) is 35.2 Å². The minimum absolute atomic E-state index is 0.0764. The van der Waals surface area contributed by atoms with Crippen LogP contribution >= 0.6 is 0 Å². The SMILES string of the molecule is CC(C)CC(N)C(=O)NC(CCC(=O)O)C(=O)NC(Cc1cnc[nH]1)C(=O)NC(CC(=O)O)C(=O)O. The van der Waals surface area contributed by atoms with Crippen LogP contribution in [0.3, 0.4) is 0 Å². The fourth-order valence-electron chi connectivity index (χ4n) is 3.18. The largest absolute Gasteiger partial charge is 0.481 e. The molecule has 1 aromatic heterocycles. The first-order chi connectivity index (χ1) is 16.8. The van der Waals surface area contributed by atoms with Crippen LogP contribution in [0.25, 0.3) is 0 Å². The number of nitrogens with zero attached hydrogens (tertiary/aromatic N) is 1. The molecule has 0 spiro atoms. The predicted molar refractivity (Wildman–Crippen MR) is 122 cm³/mol. The number of carboxylic acids is 3. The van der Waals surface area contributed by atoms with Gasteiger partial charge in [-0.1, -0.05) is 13.8 Å². The van der Waals surface area contributed by atoms with Gasteiger partial charge in [0.1, 0.15) is 18.1 Å². The number of carbonyl (C=O) groups is 6. The van der Waals surface area contributed by atoms with Crippen LogP contribution in [0.15, 0.2) is 12.5 Å². The number of H-pyrrole nitrogens is 1. The lowest BCUT2D eigenvalue weighted by Crippen LogP contribution is -2.58. The lowest BCUT2D eigenvalue weighted by Gasteiger charge is -2.25. The maximum atomic E-state index is 13.0. The summed E-state index contributed by atoms with van der Waals surface area (Å²) in [5.41, 5.74) is 6.23. The molecule has 0 fully saturated rings. The molecule has 1 aromatic rings. The van der Waals surface area contributed by atoms with Crippen molar-refractivity contribution >= 4 is 35.6 Å². The van der Waals surface area contributed by atoms with Gasteiger partial charge >= 0.3 is 17.9 Å². The molecule has 9 N–H and O–H groups in total. The van der Waals surface area contributed by atoms with Gasteiger partial charge in [-0.15, -0.1) is 0 Å². The number of hydrogen-bond acceptors (Lipinski definition) is 8. The number of aromatic amines is 1. The number of amides is 3. The fraction of sp³-hybridized carbons (Fsp3) is 0.571. The predicted octanol–water partition coefficient (Wildman–Crippen LogP) is -1.80. The summed E-state index contributed by atoms with van der Waals surface area (Å²) in [5.74, 6) is -6.81. The van der Waals surface area contributed by atoms with E-state index in [1.807, 2.05) is 13.8 Å². The van der Waals surface area contributed by atoms with E-state index in [4.69, 9.17) is 15.9 Å². The number of nitrogens with one attached hydrogen (secondary N) is 4. The van der Waals surface area contributed by atoms with E-state index in [1.54, 1.807) is 0 Å². The summed E-state index contributed by atoms with van der Waals surface area (Å²) in [7, 11) is 0. The number of imidazole rings is 1. The van der Waals surface area contributed by atoms with Gasteiger partial charge in [0, 0.05) is 24.7 Å². The van der Waals surface area contributed by atoms with Crippen molar-refractivity contribution in [2.45, 2.75) is 70.1 Å². The van der Waals surface area contributed by atoms with Crippen LogP contribution < -0.4 is 21.7 Å². The number of aliphatic carboxylic acids is 3. The van der Waals surface area contributed by atoms with Crippen LogP contribution in [0.5, 0.6) is 0 Å². The lowest BCUT2D eigenvalue weighted by molar-refractivity contribution is -0.147. The molecule has 15 nitrogen and oxygen atoms in total. The summed E-state index contributed by atoms with van der Waals surface area (Å²) in [5, 5.41) is 34.0. The maximum absolute atomic E-state index is 13.0. The number of carboxylic acid groups (broad SMARTS) is 3. The van der Waals surface area contributed by atoms with E-state index < -0.39 is 72.6 Å². The fourth-order valence-corrected chi connectivity index (χ4v) is 3.18. The summed E-state index contributed by atoms with van der Waals surface area (Å²) in [4.78, 5) is 78.2. The van der Waals surface area contributed by atoms with Crippen LogP contribution in [0.1, 0.15) is 45.2 Å². The lowest BCUT2D eigenvalue weighted by atomic mass is 10.0. The first-order valence-corrected chi connectivity index (χ1v) is 11.1. The van der Waals surface area contributed by atoms with E-state index in [9.17, 15) is 33.9 Å². The quantitative estimate of drug-likeness (QED) is 0.123. The van der Waals surface area contributed by atoms with Gasteiger partial charge in [-0.25, -0.2) is 9.78 Å². The smallest absolute Gasteiger partial charge is 0.326 e. The van der Waals surface area contributed by atoms with Gasteiger partial charge in [-0.2, -0.15) is 0 Å². The average Bonchev–Trinajstić information content (AvgIpc) is 3.27. The Morgan fingerprint density at radius 2 is 1.50 bits per heavy atom. The molecule has 0 aromatic carbocycles. The van der Waals surface area contributed by atoms with Gasteiger partial charge in [-0.3, -0.25) is 24.0 Å². The zero-order valence-corrected chi connectivity index (χ0v) is 19.9. The molecule has 0 saturated carbocycles. The number of carbonyl (C=O) groups excluding carboxylic acids is 3. The van der Waals surface area contributed by atoms with Crippen LogP contribution in [-0.4, -0.2) is 85.1 Å². The molecule has 1 heterocycles. The summed E-state index contributed by atoms with van der Waals surface area (Å²) >= 11 is 0. The Morgan fingerprint density at radius 3 is 2.00 bits per heavy atom. The molecule has 0 radical (unpaired) electrons. The third-order valence-electron chi connectivity index (χ3n) is 4.95. The Morgan fingerprint density at radius 1 is 0.917 bits per heavy atom. The molecular weight excluding hydrogens is 480 g/mol. The van der Waals surface area contributed by atoms with E-state index in [-0.39, 0.29) is 18.8 Å². The zero-order valence-electron chi connectivity index (χ0n) is 19.9. The monoisotopic (exact) mass is 512 g/mol. The second-order valence-electron chi connectivity index (χ2n) is 8.57. The van der Waals surface area contributed by atoms with Crippen molar-refractivity contribution in [3.05, 3.63) is 18.2 Å². The van der Waals surface area contributed by atoms with Gasteiger partial charge in [0.2, 0.25) is 17.7 Å². The van der Waals surface area contributed by atoms with Crippen LogP contribution in [0.2, 0.25) is 0 Å². The van der Waals surface area contributed by atoms with E-state index in [2.05, 4.69) is 25.9 Å². The van der Waals surface area contributed by atoms with E-state index in [0.29, 0.717) is 12.1 Å². The first-order valence-electron chi connectivity index (χ1n) is 11.1. The molecule has 1 rings (SSSR count). The van der Waals surface area contributed by atoms with Gasteiger partial charge in [0.05, 0.1) is 18.8 Å². The van der Waals surface area contributed by atoms with Crippen molar-refractivity contribution < 1.29 is 44.1 Å². The van der Waals surface area contributed by atoms with Gasteiger partial charge in [0.15, 0.2) is 0 Å². The van der Waals surface area contributed by atoms with Gasteiger partial charge in [0.25, 0.3) is 0 Å². The van der Waals surface area contributed by atoms with E-state index in [0.717, 1.165) is 0 Å². The van der Waals surface area contributed by atoms with Crippen molar-refractivity contribution in [2.24, 2.45) is 11.7 Å². The Balaban J connectivity index is 3.09. The summed E-state index contributed by atoms with van der Waals surface area (Å²) < 4.78 is 0. The number of hydrogen-bond donors (Lipinski definition) is 8. The molecular formula is C21H32N6O9. The van der Waals surface area contributed by atoms with Crippen molar-refractivity contribution in [1.29, 1.82) is 0 Å². The molecule has 4 atom stereocenters. The Bertz CT molecular complexity index is 934. The molecule has 4 unspecified atom stereocenters. The van der Waals surface area contributed by atoms with Crippen LogP contribution in [0, 0.1) is 5.92 Å². The van der Waals surface area contributed by atoms with E-state index in [1.165, 1.54) is 12.5 Å². The molecule has 0 aliphatic rings. The minimum atomic E-state index is -1.77. The third kappa shape index (κ3) is 10.9. The first kappa shape index (κ1) is 30.0. The van der Waals surface area contributed by atoms with Gasteiger partial charge < -0.3 is 42.0 Å². The number of aromatic nitrogens is 2. The van der Waals surface area contributed by atoms with Crippen molar-refractivity contribution in [2.75, 3.05) is 0 Å². The third-order valence-corrected chi connectivity index (χ3v) is 4.95. The second kappa shape index (κ2) is 14.4. The topological polar surface area (TPSA) is 254 Å². The molecule has 36 heavy (non-hydrogen) atoms. The highest BCUT2D eigenvalue weighted by Gasteiger charge is 2.31. The average molecular weight is 513 g/mol. The highest BCUT2D eigenvalue weighted by molar-refractivity contribution is 5.95.